The summed E-state index contributed by atoms with van der Waals surface area (Å²) in [5.41, 5.74) is 0. The van der Waals surface area contributed by atoms with E-state index in [0.29, 0.717) is 13.2 Å². The second kappa shape index (κ2) is 8.44. The van der Waals surface area contributed by atoms with Gasteiger partial charge in [-0.2, -0.15) is 0 Å². The summed E-state index contributed by atoms with van der Waals surface area (Å²) in [6.07, 6.45) is 0.483. The molecule has 4 heteroatoms. The molecule has 0 radical (unpaired) electrons. The number of hydrogen-bond acceptors (Lipinski definition) is 4. The van der Waals surface area contributed by atoms with Crippen LogP contribution in [0.1, 0.15) is 13.3 Å². The van der Waals surface area contributed by atoms with Crippen molar-refractivity contribution < 1.29 is 19.3 Å². The Bertz CT molecular complexity index is 104. The Kier molecular flexibility index (Phi) is 8.33. The van der Waals surface area contributed by atoms with Crippen LogP contribution in [0.3, 0.4) is 0 Å². The number of rotatable bonds is 8. The van der Waals surface area contributed by atoms with Gasteiger partial charge in [-0.15, -0.1) is 0 Å². The summed E-state index contributed by atoms with van der Waals surface area (Å²) < 4.78 is 15.5. The van der Waals surface area contributed by atoms with Crippen LogP contribution in [0.4, 0.5) is 0 Å². The highest BCUT2D eigenvalue weighted by molar-refractivity contribution is 4.68. The molecular formula is C9H20O4. The summed E-state index contributed by atoms with van der Waals surface area (Å²) in [7, 11) is 3.13. The van der Waals surface area contributed by atoms with Gasteiger partial charge in [-0.3, -0.25) is 0 Å². The van der Waals surface area contributed by atoms with Crippen LogP contribution in [0.15, 0.2) is 0 Å². The van der Waals surface area contributed by atoms with E-state index in [2.05, 4.69) is 0 Å². The van der Waals surface area contributed by atoms with Crippen molar-refractivity contribution in [3.8, 4) is 0 Å². The number of hydrogen-bond donors (Lipinski definition) is 1. The van der Waals surface area contributed by atoms with Crippen molar-refractivity contribution in [1.82, 2.24) is 0 Å². The first-order chi connectivity index (χ1) is 6.29. The highest BCUT2D eigenvalue weighted by atomic mass is 16.6. The largest absolute Gasteiger partial charge is 0.394 e. The average Bonchev–Trinajstić information content (AvgIpc) is 2.17. The third kappa shape index (κ3) is 5.21. The topological polar surface area (TPSA) is 47.9 Å². The van der Waals surface area contributed by atoms with Gasteiger partial charge in [0.1, 0.15) is 12.2 Å². The summed E-state index contributed by atoms with van der Waals surface area (Å²) in [5.74, 6) is 0. The first kappa shape index (κ1) is 12.8. The van der Waals surface area contributed by atoms with Gasteiger partial charge in [-0.1, -0.05) is 6.92 Å². The van der Waals surface area contributed by atoms with Crippen LogP contribution in [0.5, 0.6) is 0 Å². The van der Waals surface area contributed by atoms with E-state index in [9.17, 15) is 0 Å². The maximum atomic E-state index is 8.92. The maximum absolute atomic E-state index is 8.92. The van der Waals surface area contributed by atoms with Crippen molar-refractivity contribution in [2.75, 3.05) is 34.0 Å². The van der Waals surface area contributed by atoms with Crippen molar-refractivity contribution in [2.45, 2.75) is 25.6 Å². The Morgan fingerprint density at radius 3 is 2.15 bits per heavy atom. The molecule has 0 bridgehead atoms. The highest BCUT2D eigenvalue weighted by Gasteiger charge is 2.19. The molecule has 0 saturated carbocycles. The molecule has 0 aliphatic rings. The SMILES string of the molecule is CCCOCC(OC)C(CO)OC. The van der Waals surface area contributed by atoms with Gasteiger partial charge in [0.2, 0.25) is 0 Å². The van der Waals surface area contributed by atoms with Crippen molar-refractivity contribution in [3.05, 3.63) is 0 Å². The van der Waals surface area contributed by atoms with Gasteiger partial charge in [-0.25, -0.2) is 0 Å². The van der Waals surface area contributed by atoms with E-state index >= 15 is 0 Å². The van der Waals surface area contributed by atoms with Crippen LogP contribution >= 0.6 is 0 Å². The fraction of sp³-hybridized carbons (Fsp3) is 1.00. The van der Waals surface area contributed by atoms with Crippen LogP contribution in [0.2, 0.25) is 0 Å². The first-order valence-corrected chi connectivity index (χ1v) is 4.54. The van der Waals surface area contributed by atoms with Gasteiger partial charge in [0, 0.05) is 20.8 Å². The van der Waals surface area contributed by atoms with E-state index in [4.69, 9.17) is 19.3 Å². The maximum Gasteiger partial charge on any atom is 0.109 e. The molecular weight excluding hydrogens is 172 g/mol. The van der Waals surface area contributed by atoms with Crippen molar-refractivity contribution >= 4 is 0 Å². The second-order valence-electron chi connectivity index (χ2n) is 2.81. The molecule has 0 aromatic carbocycles. The van der Waals surface area contributed by atoms with Crippen LogP contribution in [0.25, 0.3) is 0 Å². The smallest absolute Gasteiger partial charge is 0.109 e. The van der Waals surface area contributed by atoms with Gasteiger partial charge in [0.15, 0.2) is 0 Å². The predicted octanol–water partition coefficient (Wildman–Crippen LogP) is 0.435. The lowest BCUT2D eigenvalue weighted by Crippen LogP contribution is -2.36. The zero-order valence-corrected chi connectivity index (χ0v) is 8.66. The molecule has 0 fully saturated rings. The lowest BCUT2D eigenvalue weighted by molar-refractivity contribution is -0.0916. The fourth-order valence-electron chi connectivity index (χ4n) is 1.01. The first-order valence-electron chi connectivity index (χ1n) is 4.54. The number of ether oxygens (including phenoxy) is 3. The predicted molar refractivity (Wildman–Crippen MR) is 49.8 cm³/mol. The molecule has 80 valence electrons. The Balaban J connectivity index is 3.71. The minimum atomic E-state index is -0.304. The lowest BCUT2D eigenvalue weighted by atomic mass is 10.2. The summed E-state index contributed by atoms with van der Waals surface area (Å²) >= 11 is 0. The molecule has 0 heterocycles. The zero-order valence-electron chi connectivity index (χ0n) is 8.66. The number of aliphatic hydroxyl groups excluding tert-OH is 1. The molecule has 2 unspecified atom stereocenters. The van der Waals surface area contributed by atoms with Gasteiger partial charge in [0.05, 0.1) is 13.2 Å². The zero-order chi connectivity index (χ0) is 10.1. The molecule has 1 N–H and O–H groups in total. The molecule has 0 aromatic rings. The van der Waals surface area contributed by atoms with Crippen molar-refractivity contribution in [2.24, 2.45) is 0 Å². The molecule has 4 nitrogen and oxygen atoms in total. The normalized spacial score (nSPS) is 15.7. The van der Waals surface area contributed by atoms with E-state index < -0.39 is 0 Å². The summed E-state index contributed by atoms with van der Waals surface area (Å²) in [6, 6.07) is 0. The van der Waals surface area contributed by atoms with E-state index in [1.54, 1.807) is 14.2 Å². The Labute approximate surface area is 79.8 Å². The minimum absolute atomic E-state index is 0.0511. The average molecular weight is 192 g/mol. The Morgan fingerprint density at radius 1 is 1.15 bits per heavy atom. The van der Waals surface area contributed by atoms with Crippen molar-refractivity contribution in [1.29, 1.82) is 0 Å². The molecule has 0 aliphatic heterocycles. The molecule has 0 rings (SSSR count). The highest BCUT2D eigenvalue weighted by Crippen LogP contribution is 2.02. The van der Waals surface area contributed by atoms with Crippen LogP contribution < -0.4 is 0 Å². The van der Waals surface area contributed by atoms with Crippen LogP contribution in [-0.4, -0.2) is 51.4 Å². The quantitative estimate of drug-likeness (QED) is 0.567. The molecule has 13 heavy (non-hydrogen) atoms. The number of aliphatic hydroxyl groups is 1. The summed E-state index contributed by atoms with van der Waals surface area (Å²) in [4.78, 5) is 0. The third-order valence-corrected chi connectivity index (χ3v) is 1.83. The fourth-order valence-corrected chi connectivity index (χ4v) is 1.01. The van der Waals surface area contributed by atoms with Crippen LogP contribution in [-0.2, 0) is 14.2 Å². The van der Waals surface area contributed by atoms with E-state index in [1.807, 2.05) is 6.92 Å². The lowest BCUT2D eigenvalue weighted by Gasteiger charge is -2.22. The van der Waals surface area contributed by atoms with Crippen LogP contribution in [0, 0.1) is 0 Å². The molecule has 0 aromatic heterocycles. The number of methoxy groups -OCH3 is 2. The summed E-state index contributed by atoms with van der Waals surface area (Å²) in [6.45, 7) is 3.16. The molecule has 0 amide bonds. The van der Waals surface area contributed by atoms with Gasteiger partial charge in [0.25, 0.3) is 0 Å². The Morgan fingerprint density at radius 2 is 1.77 bits per heavy atom. The summed E-state index contributed by atoms with van der Waals surface area (Å²) in [5, 5.41) is 8.92. The minimum Gasteiger partial charge on any atom is -0.394 e. The van der Waals surface area contributed by atoms with Gasteiger partial charge in [-0.05, 0) is 6.42 Å². The van der Waals surface area contributed by atoms with Crippen molar-refractivity contribution in [3.63, 3.8) is 0 Å². The third-order valence-electron chi connectivity index (χ3n) is 1.83. The van der Waals surface area contributed by atoms with Gasteiger partial charge >= 0.3 is 0 Å². The molecule has 0 saturated heterocycles. The second-order valence-corrected chi connectivity index (χ2v) is 2.81. The van der Waals surface area contributed by atoms with E-state index in [0.717, 1.165) is 6.42 Å². The monoisotopic (exact) mass is 192 g/mol. The van der Waals surface area contributed by atoms with Gasteiger partial charge < -0.3 is 19.3 Å². The molecule has 0 spiro atoms. The molecule has 2 atom stereocenters. The Hall–Kier alpha value is -0.160. The van der Waals surface area contributed by atoms with E-state index in [1.165, 1.54) is 0 Å². The molecule has 0 aliphatic carbocycles. The van der Waals surface area contributed by atoms with E-state index in [-0.39, 0.29) is 18.8 Å². The standard InChI is InChI=1S/C9H20O4/c1-4-5-13-7-9(12-3)8(6-10)11-2/h8-10H,4-7H2,1-3H3.